The number of rotatable bonds is 5. The van der Waals surface area contributed by atoms with E-state index in [0.717, 1.165) is 50.0 Å². The number of hydrogen-bond donors (Lipinski definition) is 1. The van der Waals surface area contributed by atoms with E-state index in [0.29, 0.717) is 13.1 Å². The van der Waals surface area contributed by atoms with Crippen molar-refractivity contribution in [2.45, 2.75) is 56.8 Å². The fourth-order valence-electron chi connectivity index (χ4n) is 3.95. The average Bonchev–Trinajstić information content (AvgIpc) is 3.25. The van der Waals surface area contributed by atoms with E-state index in [1.54, 1.807) is 11.0 Å². The Morgan fingerprint density at radius 1 is 0.964 bits per heavy atom. The van der Waals surface area contributed by atoms with Gasteiger partial charge in [0, 0.05) is 13.1 Å². The lowest BCUT2D eigenvalue weighted by Crippen LogP contribution is -2.41. The van der Waals surface area contributed by atoms with Crippen molar-refractivity contribution >= 4 is 6.09 Å². The molecule has 1 aliphatic carbocycles. The molecule has 2 fully saturated rings. The van der Waals surface area contributed by atoms with Crippen LogP contribution in [0.5, 0.6) is 5.75 Å². The topological polar surface area (TPSA) is 89.7 Å². The quantitative estimate of drug-likeness (QED) is 0.849. The Hall–Kier alpha value is -2.61. The number of nitrogens with zero attached hydrogens (tertiary/aromatic N) is 4. The zero-order valence-corrected chi connectivity index (χ0v) is 15.8. The predicted octanol–water partition coefficient (Wildman–Crippen LogP) is 3.12. The second kappa shape index (κ2) is 8.60. The van der Waals surface area contributed by atoms with Crippen LogP contribution in [-0.4, -0.2) is 62.3 Å². The van der Waals surface area contributed by atoms with E-state index in [9.17, 15) is 4.79 Å². The van der Waals surface area contributed by atoms with Crippen molar-refractivity contribution in [1.82, 2.24) is 19.7 Å². The van der Waals surface area contributed by atoms with Gasteiger partial charge in [-0.1, -0.05) is 0 Å². The van der Waals surface area contributed by atoms with Crippen LogP contribution in [0.15, 0.2) is 36.9 Å². The largest absolute Gasteiger partial charge is 0.490 e. The second-order valence-corrected chi connectivity index (χ2v) is 7.46. The number of piperidine rings is 1. The summed E-state index contributed by atoms with van der Waals surface area (Å²) in [4.78, 5) is 16.4. The van der Waals surface area contributed by atoms with Gasteiger partial charge in [0.2, 0.25) is 0 Å². The standard InChI is InChI=1S/C20H26N4O4/c25-20(26)23-11-9-19(10-12-23)28-18-7-5-17(6-8-18)27-16-3-1-15(2-4-16)24-14-21-13-22-24/h1-4,13-14,17-19H,5-12H2,(H,25,26). The zero-order valence-electron chi connectivity index (χ0n) is 15.8. The third-order valence-electron chi connectivity index (χ3n) is 5.54. The molecule has 1 aromatic carbocycles. The number of hydrogen-bond acceptors (Lipinski definition) is 5. The molecule has 1 N–H and O–H groups in total. The number of amides is 1. The van der Waals surface area contributed by atoms with Gasteiger partial charge in [-0.25, -0.2) is 14.5 Å². The first-order valence-corrected chi connectivity index (χ1v) is 9.92. The third kappa shape index (κ3) is 4.62. The number of ether oxygens (including phenoxy) is 2. The van der Waals surface area contributed by atoms with Gasteiger partial charge in [-0.05, 0) is 62.8 Å². The predicted molar refractivity (Wildman–Crippen MR) is 102 cm³/mol. The Kier molecular flexibility index (Phi) is 5.76. The lowest BCUT2D eigenvalue weighted by atomic mass is 9.94. The highest BCUT2D eigenvalue weighted by Gasteiger charge is 2.28. The molecular formula is C20H26N4O4. The van der Waals surface area contributed by atoms with Gasteiger partial charge in [0.15, 0.2) is 0 Å². The van der Waals surface area contributed by atoms with Gasteiger partial charge in [-0.2, -0.15) is 5.10 Å². The first kappa shape index (κ1) is 18.7. The van der Waals surface area contributed by atoms with Gasteiger partial charge in [-0.15, -0.1) is 0 Å². The maximum absolute atomic E-state index is 11.0. The smallest absolute Gasteiger partial charge is 0.407 e. The van der Waals surface area contributed by atoms with E-state index < -0.39 is 6.09 Å². The van der Waals surface area contributed by atoms with Gasteiger partial charge < -0.3 is 19.5 Å². The molecule has 4 rings (SSSR count). The third-order valence-corrected chi connectivity index (χ3v) is 5.54. The summed E-state index contributed by atoms with van der Waals surface area (Å²) in [5.41, 5.74) is 0.955. The van der Waals surface area contributed by atoms with Gasteiger partial charge >= 0.3 is 6.09 Å². The summed E-state index contributed by atoms with van der Waals surface area (Å²) in [5, 5.41) is 13.1. The number of likely N-dealkylation sites (tertiary alicyclic amines) is 1. The normalized spacial score (nSPS) is 23.5. The van der Waals surface area contributed by atoms with Gasteiger partial charge in [0.1, 0.15) is 18.4 Å². The average molecular weight is 386 g/mol. The minimum Gasteiger partial charge on any atom is -0.490 e. The van der Waals surface area contributed by atoms with Gasteiger partial charge in [0.25, 0.3) is 0 Å². The molecule has 1 aromatic heterocycles. The van der Waals surface area contributed by atoms with Crippen molar-refractivity contribution in [3.63, 3.8) is 0 Å². The molecule has 8 heteroatoms. The highest BCUT2D eigenvalue weighted by atomic mass is 16.5. The minimum absolute atomic E-state index is 0.183. The van der Waals surface area contributed by atoms with Crippen LogP contribution in [0.2, 0.25) is 0 Å². The maximum Gasteiger partial charge on any atom is 0.407 e. The van der Waals surface area contributed by atoms with E-state index in [1.807, 2.05) is 24.3 Å². The first-order chi connectivity index (χ1) is 13.7. The summed E-state index contributed by atoms with van der Waals surface area (Å²) in [6.45, 7) is 1.14. The molecule has 0 bridgehead atoms. The van der Waals surface area contributed by atoms with Crippen LogP contribution in [-0.2, 0) is 4.74 Å². The van der Waals surface area contributed by atoms with E-state index in [-0.39, 0.29) is 18.3 Å². The lowest BCUT2D eigenvalue weighted by Gasteiger charge is -2.35. The first-order valence-electron chi connectivity index (χ1n) is 9.92. The minimum atomic E-state index is -0.828. The van der Waals surface area contributed by atoms with Crippen molar-refractivity contribution in [1.29, 1.82) is 0 Å². The summed E-state index contributed by atoms with van der Waals surface area (Å²) in [6.07, 6.45) is 8.52. The fraction of sp³-hybridized carbons (Fsp3) is 0.550. The molecule has 1 aliphatic heterocycles. The van der Waals surface area contributed by atoms with Crippen LogP contribution in [0, 0.1) is 0 Å². The Morgan fingerprint density at radius 3 is 2.21 bits per heavy atom. The molecule has 8 nitrogen and oxygen atoms in total. The maximum atomic E-state index is 11.0. The second-order valence-electron chi connectivity index (χ2n) is 7.46. The fourth-order valence-corrected chi connectivity index (χ4v) is 3.95. The molecule has 2 heterocycles. The van der Waals surface area contributed by atoms with Crippen LogP contribution < -0.4 is 4.74 Å². The SMILES string of the molecule is O=C(O)N1CCC(OC2CCC(Oc3ccc(-n4cncn4)cc3)CC2)CC1. The Labute approximate surface area is 164 Å². The van der Waals surface area contributed by atoms with Crippen LogP contribution in [0.25, 0.3) is 5.69 Å². The molecule has 1 saturated heterocycles. The summed E-state index contributed by atoms with van der Waals surface area (Å²) in [7, 11) is 0. The van der Waals surface area contributed by atoms with E-state index >= 15 is 0 Å². The molecule has 1 saturated carbocycles. The summed E-state index contributed by atoms with van der Waals surface area (Å²) in [5.74, 6) is 0.870. The highest BCUT2D eigenvalue weighted by Crippen LogP contribution is 2.28. The Bertz CT molecular complexity index is 749. The molecule has 0 radical (unpaired) electrons. The van der Waals surface area contributed by atoms with E-state index in [4.69, 9.17) is 14.6 Å². The van der Waals surface area contributed by atoms with E-state index in [1.165, 1.54) is 11.2 Å². The molecule has 28 heavy (non-hydrogen) atoms. The number of carboxylic acid groups (broad SMARTS) is 1. The molecule has 0 spiro atoms. The van der Waals surface area contributed by atoms with Crippen molar-refractivity contribution in [2.75, 3.05) is 13.1 Å². The molecule has 2 aromatic rings. The summed E-state index contributed by atoms with van der Waals surface area (Å²) >= 11 is 0. The molecule has 150 valence electrons. The lowest BCUT2D eigenvalue weighted by molar-refractivity contribution is -0.0641. The monoisotopic (exact) mass is 386 g/mol. The number of aromatic nitrogens is 3. The summed E-state index contributed by atoms with van der Waals surface area (Å²) < 4.78 is 14.1. The van der Waals surface area contributed by atoms with Crippen LogP contribution in [0.3, 0.4) is 0 Å². The molecular weight excluding hydrogens is 360 g/mol. The zero-order chi connectivity index (χ0) is 19.3. The van der Waals surface area contributed by atoms with Gasteiger partial charge in [-0.3, -0.25) is 0 Å². The van der Waals surface area contributed by atoms with Crippen molar-refractivity contribution in [3.8, 4) is 11.4 Å². The molecule has 0 unspecified atom stereocenters. The molecule has 0 atom stereocenters. The van der Waals surface area contributed by atoms with Crippen LogP contribution in [0.4, 0.5) is 4.79 Å². The van der Waals surface area contributed by atoms with Crippen LogP contribution in [0.1, 0.15) is 38.5 Å². The highest BCUT2D eigenvalue weighted by molar-refractivity contribution is 5.65. The number of benzene rings is 1. The molecule has 1 amide bonds. The van der Waals surface area contributed by atoms with Crippen LogP contribution >= 0.6 is 0 Å². The van der Waals surface area contributed by atoms with Crippen molar-refractivity contribution in [2.24, 2.45) is 0 Å². The Balaban J connectivity index is 1.20. The van der Waals surface area contributed by atoms with Gasteiger partial charge in [0.05, 0.1) is 24.0 Å². The summed E-state index contributed by atoms with van der Waals surface area (Å²) in [6, 6.07) is 7.89. The Morgan fingerprint density at radius 2 is 1.61 bits per heavy atom. The van der Waals surface area contributed by atoms with Crippen molar-refractivity contribution in [3.05, 3.63) is 36.9 Å². The van der Waals surface area contributed by atoms with E-state index in [2.05, 4.69) is 10.1 Å². The number of carbonyl (C=O) groups is 1. The molecule has 2 aliphatic rings. The van der Waals surface area contributed by atoms with Crippen molar-refractivity contribution < 1.29 is 19.4 Å².